The number of halogens is 1. The molecule has 0 amide bonds. The third kappa shape index (κ3) is 2.22. The van der Waals surface area contributed by atoms with E-state index >= 15 is 0 Å². The molecule has 0 radical (unpaired) electrons. The molecule has 0 atom stereocenters. The van der Waals surface area contributed by atoms with Crippen molar-refractivity contribution < 1.29 is 4.74 Å². The fourth-order valence-corrected chi connectivity index (χ4v) is 3.98. The van der Waals surface area contributed by atoms with Crippen LogP contribution in [0.4, 0.5) is 0 Å². The predicted molar refractivity (Wildman–Crippen MR) is 101 cm³/mol. The van der Waals surface area contributed by atoms with Crippen molar-refractivity contribution in [1.82, 2.24) is 0 Å². The van der Waals surface area contributed by atoms with Crippen molar-refractivity contribution in [1.29, 1.82) is 0 Å². The Labute approximate surface area is 143 Å². The third-order valence-electron chi connectivity index (χ3n) is 4.23. The second-order valence-corrected chi connectivity index (χ2v) is 6.28. The van der Waals surface area contributed by atoms with Gasteiger partial charge in [-0.3, -0.25) is 0 Å². The van der Waals surface area contributed by atoms with Crippen molar-refractivity contribution in [3.63, 3.8) is 0 Å². The number of rotatable bonds is 2. The van der Waals surface area contributed by atoms with Gasteiger partial charge in [0.05, 0.1) is 7.11 Å². The molecule has 0 fully saturated rings. The zero-order valence-corrected chi connectivity index (χ0v) is 14.3. The van der Waals surface area contributed by atoms with Crippen molar-refractivity contribution >= 4 is 37.5 Å². The van der Waals surface area contributed by atoms with Gasteiger partial charge in [0.15, 0.2) is 0 Å². The zero-order chi connectivity index (χ0) is 15.8. The van der Waals surface area contributed by atoms with Gasteiger partial charge in [-0.25, -0.2) is 0 Å². The molecule has 0 aliphatic carbocycles. The molecule has 4 aromatic carbocycles. The first-order valence-electron chi connectivity index (χ1n) is 7.53. The molecular weight excluding hydrogens is 348 g/mol. The average molecular weight is 363 g/mol. The monoisotopic (exact) mass is 362 g/mol. The topological polar surface area (TPSA) is 9.23 Å². The number of methoxy groups -OCH3 is 1. The molecule has 4 aromatic rings. The van der Waals surface area contributed by atoms with Crippen molar-refractivity contribution in [2.45, 2.75) is 0 Å². The van der Waals surface area contributed by atoms with Crippen LogP contribution in [-0.4, -0.2) is 7.11 Å². The summed E-state index contributed by atoms with van der Waals surface area (Å²) >= 11 is 3.84. The number of hydrogen-bond donors (Lipinski definition) is 0. The Morgan fingerprint density at radius 2 is 1.35 bits per heavy atom. The van der Waals surface area contributed by atoms with E-state index in [2.05, 4.69) is 76.6 Å². The molecule has 0 aliphatic rings. The minimum Gasteiger partial charge on any atom is -0.495 e. The van der Waals surface area contributed by atoms with Gasteiger partial charge in [0, 0.05) is 26.0 Å². The van der Waals surface area contributed by atoms with E-state index in [0.717, 1.165) is 21.0 Å². The Morgan fingerprint density at radius 1 is 0.696 bits per heavy atom. The zero-order valence-electron chi connectivity index (χ0n) is 12.7. The third-order valence-corrected chi connectivity index (χ3v) is 5.05. The van der Waals surface area contributed by atoms with Gasteiger partial charge >= 0.3 is 0 Å². The summed E-state index contributed by atoms with van der Waals surface area (Å²) in [4.78, 5) is 0. The normalized spacial score (nSPS) is 11.0. The van der Waals surface area contributed by atoms with Crippen molar-refractivity contribution in [3.8, 4) is 16.9 Å². The van der Waals surface area contributed by atoms with Crippen LogP contribution in [-0.2, 0) is 0 Å². The molecule has 0 aliphatic heterocycles. The van der Waals surface area contributed by atoms with Gasteiger partial charge in [0.25, 0.3) is 0 Å². The maximum atomic E-state index is 5.77. The van der Waals surface area contributed by atoms with E-state index in [1.165, 1.54) is 21.9 Å². The fraction of sp³-hybridized carbons (Fsp3) is 0.0476. The van der Waals surface area contributed by atoms with E-state index in [-0.39, 0.29) is 0 Å². The molecule has 4 rings (SSSR count). The SMILES string of the molecule is COc1c2ccccc2c(Br)c2c(-c3ccccc3)cccc12. The summed E-state index contributed by atoms with van der Waals surface area (Å²) in [5, 5.41) is 4.61. The number of fused-ring (bicyclic) bond motifs is 2. The van der Waals surface area contributed by atoms with E-state index < -0.39 is 0 Å². The first kappa shape index (κ1) is 14.3. The maximum absolute atomic E-state index is 5.77. The van der Waals surface area contributed by atoms with Gasteiger partial charge in [-0.1, -0.05) is 72.8 Å². The van der Waals surface area contributed by atoms with Gasteiger partial charge < -0.3 is 4.74 Å². The van der Waals surface area contributed by atoms with E-state index in [1.807, 2.05) is 12.1 Å². The summed E-state index contributed by atoms with van der Waals surface area (Å²) in [6, 6.07) is 25.2. The smallest absolute Gasteiger partial charge is 0.134 e. The number of hydrogen-bond acceptors (Lipinski definition) is 1. The van der Waals surface area contributed by atoms with Crippen LogP contribution in [0, 0.1) is 0 Å². The number of benzene rings is 4. The Balaban J connectivity index is 2.22. The first-order chi connectivity index (χ1) is 11.3. The fourth-order valence-electron chi connectivity index (χ4n) is 3.21. The highest BCUT2D eigenvalue weighted by Crippen LogP contribution is 2.44. The van der Waals surface area contributed by atoms with Gasteiger partial charge in [-0.05, 0) is 27.1 Å². The van der Waals surface area contributed by atoms with E-state index in [1.54, 1.807) is 7.11 Å². The molecule has 0 bridgehead atoms. The minimum absolute atomic E-state index is 0.927. The van der Waals surface area contributed by atoms with Crippen LogP contribution in [0.1, 0.15) is 0 Å². The van der Waals surface area contributed by atoms with Crippen LogP contribution < -0.4 is 4.74 Å². The largest absolute Gasteiger partial charge is 0.495 e. The van der Waals surface area contributed by atoms with Crippen LogP contribution >= 0.6 is 15.9 Å². The number of ether oxygens (including phenoxy) is 1. The van der Waals surface area contributed by atoms with Crippen molar-refractivity contribution in [3.05, 3.63) is 77.3 Å². The lowest BCUT2D eigenvalue weighted by atomic mass is 9.95. The Morgan fingerprint density at radius 3 is 2.09 bits per heavy atom. The van der Waals surface area contributed by atoms with Crippen LogP contribution in [0.5, 0.6) is 5.75 Å². The molecule has 0 aromatic heterocycles. The van der Waals surface area contributed by atoms with Crippen LogP contribution in [0.15, 0.2) is 77.3 Å². The summed E-state index contributed by atoms with van der Waals surface area (Å²) in [6.45, 7) is 0. The van der Waals surface area contributed by atoms with Gasteiger partial charge in [0.2, 0.25) is 0 Å². The first-order valence-corrected chi connectivity index (χ1v) is 8.33. The predicted octanol–water partition coefficient (Wildman–Crippen LogP) is 6.43. The summed E-state index contributed by atoms with van der Waals surface area (Å²) < 4.78 is 6.88. The molecular formula is C21H15BrO. The lowest BCUT2D eigenvalue weighted by molar-refractivity contribution is 0.424. The molecule has 0 saturated carbocycles. The molecule has 0 saturated heterocycles. The van der Waals surface area contributed by atoms with Gasteiger partial charge in [-0.15, -0.1) is 0 Å². The molecule has 2 heteroatoms. The molecule has 0 unspecified atom stereocenters. The second kappa shape index (κ2) is 5.71. The average Bonchev–Trinajstić information content (AvgIpc) is 2.62. The Hall–Kier alpha value is -2.32. The second-order valence-electron chi connectivity index (χ2n) is 5.49. The van der Waals surface area contributed by atoms with Crippen LogP contribution in [0.3, 0.4) is 0 Å². The lowest BCUT2D eigenvalue weighted by Crippen LogP contribution is -1.91. The van der Waals surface area contributed by atoms with Crippen LogP contribution in [0.25, 0.3) is 32.7 Å². The standard InChI is InChI=1S/C21H15BrO/c1-23-21-17-11-6-5-10-16(17)20(22)19-15(12-7-13-18(19)21)14-8-3-2-4-9-14/h2-13H,1H3. The van der Waals surface area contributed by atoms with E-state index in [4.69, 9.17) is 4.74 Å². The highest BCUT2D eigenvalue weighted by atomic mass is 79.9. The molecule has 23 heavy (non-hydrogen) atoms. The quantitative estimate of drug-likeness (QED) is 0.373. The summed E-state index contributed by atoms with van der Waals surface area (Å²) in [5.41, 5.74) is 2.41. The summed E-state index contributed by atoms with van der Waals surface area (Å²) in [5.74, 6) is 0.927. The molecule has 0 spiro atoms. The Bertz CT molecular complexity index is 1010. The van der Waals surface area contributed by atoms with E-state index in [0.29, 0.717) is 0 Å². The molecule has 0 N–H and O–H groups in total. The van der Waals surface area contributed by atoms with E-state index in [9.17, 15) is 0 Å². The highest BCUT2D eigenvalue weighted by molar-refractivity contribution is 9.10. The van der Waals surface area contributed by atoms with Crippen molar-refractivity contribution in [2.24, 2.45) is 0 Å². The van der Waals surface area contributed by atoms with Gasteiger partial charge in [0.1, 0.15) is 5.75 Å². The lowest BCUT2D eigenvalue weighted by Gasteiger charge is -2.15. The van der Waals surface area contributed by atoms with Crippen molar-refractivity contribution in [2.75, 3.05) is 7.11 Å². The molecule has 1 nitrogen and oxygen atoms in total. The van der Waals surface area contributed by atoms with Crippen LogP contribution in [0.2, 0.25) is 0 Å². The highest BCUT2D eigenvalue weighted by Gasteiger charge is 2.15. The maximum Gasteiger partial charge on any atom is 0.134 e. The Kier molecular flexibility index (Phi) is 3.55. The molecule has 0 heterocycles. The molecule has 112 valence electrons. The summed E-state index contributed by atoms with van der Waals surface area (Å²) in [7, 11) is 1.74. The van der Waals surface area contributed by atoms with Gasteiger partial charge in [-0.2, -0.15) is 0 Å². The minimum atomic E-state index is 0.927. The summed E-state index contributed by atoms with van der Waals surface area (Å²) in [6.07, 6.45) is 0.